The van der Waals surface area contributed by atoms with Gasteiger partial charge in [0.25, 0.3) is 5.91 Å². The predicted octanol–water partition coefficient (Wildman–Crippen LogP) is 1.11. The fourth-order valence-electron chi connectivity index (χ4n) is 1.37. The van der Waals surface area contributed by atoms with Gasteiger partial charge in [-0.25, -0.2) is 9.97 Å². The SMILES string of the molecule is O=C(NCc1cccc(O)c1)c1cncnc1. The molecule has 5 heteroatoms. The number of hydrogen-bond donors (Lipinski definition) is 2. The van der Waals surface area contributed by atoms with Crippen LogP contribution in [-0.2, 0) is 6.54 Å². The Bertz CT molecular complexity index is 514. The molecule has 5 nitrogen and oxygen atoms in total. The minimum absolute atomic E-state index is 0.180. The number of aromatic nitrogens is 2. The van der Waals surface area contributed by atoms with E-state index in [1.807, 2.05) is 6.07 Å². The van der Waals surface area contributed by atoms with Crippen LogP contribution in [0, 0.1) is 0 Å². The van der Waals surface area contributed by atoms with Crippen LogP contribution in [0.25, 0.3) is 0 Å². The molecule has 0 aliphatic rings. The van der Waals surface area contributed by atoms with Gasteiger partial charge >= 0.3 is 0 Å². The van der Waals surface area contributed by atoms with Crippen LogP contribution in [0.2, 0.25) is 0 Å². The normalized spacial score (nSPS) is 9.88. The Morgan fingerprint density at radius 1 is 1.29 bits per heavy atom. The summed E-state index contributed by atoms with van der Waals surface area (Å²) < 4.78 is 0. The smallest absolute Gasteiger partial charge is 0.254 e. The van der Waals surface area contributed by atoms with Crippen LogP contribution in [0.4, 0.5) is 0 Å². The summed E-state index contributed by atoms with van der Waals surface area (Å²) in [5.74, 6) is -0.0614. The van der Waals surface area contributed by atoms with Crippen molar-refractivity contribution in [2.24, 2.45) is 0 Å². The van der Waals surface area contributed by atoms with Crippen LogP contribution in [0.3, 0.4) is 0 Å². The van der Waals surface area contributed by atoms with Crippen molar-refractivity contribution >= 4 is 5.91 Å². The monoisotopic (exact) mass is 229 g/mol. The van der Waals surface area contributed by atoms with E-state index in [9.17, 15) is 9.90 Å². The molecular formula is C12H11N3O2. The van der Waals surface area contributed by atoms with Crippen LogP contribution in [0.5, 0.6) is 5.75 Å². The number of carbonyl (C=O) groups excluding carboxylic acids is 1. The molecule has 1 amide bonds. The second-order valence-corrected chi connectivity index (χ2v) is 3.48. The third-order valence-corrected chi connectivity index (χ3v) is 2.19. The summed E-state index contributed by atoms with van der Waals surface area (Å²) in [4.78, 5) is 19.2. The van der Waals surface area contributed by atoms with Gasteiger partial charge in [0.15, 0.2) is 0 Å². The number of nitrogens with zero attached hydrogens (tertiary/aromatic N) is 2. The Hall–Kier alpha value is -2.43. The van der Waals surface area contributed by atoms with E-state index in [1.54, 1.807) is 18.2 Å². The molecule has 2 aromatic rings. The first-order valence-electron chi connectivity index (χ1n) is 5.07. The van der Waals surface area contributed by atoms with Gasteiger partial charge in [0.2, 0.25) is 0 Å². The van der Waals surface area contributed by atoms with Crippen LogP contribution in [0.1, 0.15) is 15.9 Å². The number of aromatic hydroxyl groups is 1. The number of phenolic OH excluding ortho intramolecular Hbond substituents is 1. The minimum atomic E-state index is -0.242. The van der Waals surface area contributed by atoms with Crippen molar-refractivity contribution in [1.82, 2.24) is 15.3 Å². The fraction of sp³-hybridized carbons (Fsp3) is 0.0833. The van der Waals surface area contributed by atoms with Crippen molar-refractivity contribution in [3.05, 3.63) is 54.1 Å². The maximum atomic E-state index is 11.6. The molecule has 86 valence electrons. The van der Waals surface area contributed by atoms with Crippen molar-refractivity contribution in [1.29, 1.82) is 0 Å². The number of rotatable bonds is 3. The van der Waals surface area contributed by atoms with Gasteiger partial charge in [-0.05, 0) is 17.7 Å². The largest absolute Gasteiger partial charge is 0.508 e. The molecule has 17 heavy (non-hydrogen) atoms. The number of nitrogens with one attached hydrogen (secondary N) is 1. The molecule has 0 aliphatic heterocycles. The molecule has 0 spiro atoms. The zero-order valence-corrected chi connectivity index (χ0v) is 9.00. The molecule has 0 fully saturated rings. The van der Waals surface area contributed by atoms with Gasteiger partial charge < -0.3 is 10.4 Å². The molecule has 0 saturated carbocycles. The third-order valence-electron chi connectivity index (χ3n) is 2.19. The number of amides is 1. The Labute approximate surface area is 98.2 Å². The molecule has 0 radical (unpaired) electrons. The third kappa shape index (κ3) is 3.01. The van der Waals surface area contributed by atoms with Crippen LogP contribution in [-0.4, -0.2) is 21.0 Å². The first-order chi connectivity index (χ1) is 8.25. The van der Waals surface area contributed by atoms with Gasteiger partial charge in [-0.1, -0.05) is 12.1 Å². The molecule has 1 heterocycles. The number of phenols is 1. The summed E-state index contributed by atoms with van der Waals surface area (Å²) in [6, 6.07) is 6.72. The Morgan fingerprint density at radius 3 is 2.76 bits per heavy atom. The molecule has 2 N–H and O–H groups in total. The van der Waals surface area contributed by atoms with Gasteiger partial charge in [0, 0.05) is 18.9 Å². The van der Waals surface area contributed by atoms with E-state index >= 15 is 0 Å². The second-order valence-electron chi connectivity index (χ2n) is 3.48. The summed E-state index contributed by atoms with van der Waals surface area (Å²) >= 11 is 0. The Balaban J connectivity index is 1.97. The van der Waals surface area contributed by atoms with Crippen molar-refractivity contribution in [2.45, 2.75) is 6.54 Å². The maximum Gasteiger partial charge on any atom is 0.254 e. The first-order valence-corrected chi connectivity index (χ1v) is 5.07. The molecule has 2 rings (SSSR count). The molecule has 0 saturated heterocycles. The van der Waals surface area contributed by atoms with E-state index in [2.05, 4.69) is 15.3 Å². The summed E-state index contributed by atoms with van der Waals surface area (Å²) in [7, 11) is 0. The summed E-state index contributed by atoms with van der Waals surface area (Å²) in [5, 5.41) is 12.0. The molecule has 0 unspecified atom stereocenters. The topological polar surface area (TPSA) is 75.1 Å². The van der Waals surface area contributed by atoms with Crippen molar-refractivity contribution in [3.8, 4) is 5.75 Å². The summed E-state index contributed by atoms with van der Waals surface area (Å²) in [6.45, 7) is 0.349. The van der Waals surface area contributed by atoms with Crippen molar-refractivity contribution < 1.29 is 9.90 Å². The standard InChI is InChI=1S/C12H11N3O2/c16-11-3-1-2-9(4-11)5-15-12(17)10-6-13-8-14-7-10/h1-4,6-8,16H,5H2,(H,15,17). The summed E-state index contributed by atoms with van der Waals surface area (Å²) in [5.41, 5.74) is 1.24. The highest BCUT2D eigenvalue weighted by Gasteiger charge is 2.05. The van der Waals surface area contributed by atoms with Gasteiger partial charge in [0.05, 0.1) is 5.56 Å². The van der Waals surface area contributed by atoms with E-state index in [0.717, 1.165) is 5.56 Å². The lowest BCUT2D eigenvalue weighted by Crippen LogP contribution is -2.22. The van der Waals surface area contributed by atoms with Gasteiger partial charge in [0.1, 0.15) is 12.1 Å². The average molecular weight is 229 g/mol. The van der Waals surface area contributed by atoms with Gasteiger partial charge in [-0.3, -0.25) is 4.79 Å². The van der Waals surface area contributed by atoms with Crippen molar-refractivity contribution in [3.63, 3.8) is 0 Å². The molecule has 0 atom stereocenters. The van der Waals surface area contributed by atoms with Gasteiger partial charge in [-0.15, -0.1) is 0 Å². The number of carbonyl (C=O) groups is 1. The quantitative estimate of drug-likeness (QED) is 0.826. The fourth-order valence-corrected chi connectivity index (χ4v) is 1.37. The van der Waals surface area contributed by atoms with E-state index < -0.39 is 0 Å². The van der Waals surface area contributed by atoms with Crippen LogP contribution in [0.15, 0.2) is 43.0 Å². The lowest BCUT2D eigenvalue weighted by atomic mass is 10.2. The minimum Gasteiger partial charge on any atom is -0.508 e. The highest BCUT2D eigenvalue weighted by molar-refractivity contribution is 5.93. The summed E-state index contributed by atoms with van der Waals surface area (Å²) in [6.07, 6.45) is 4.27. The van der Waals surface area contributed by atoms with E-state index in [-0.39, 0.29) is 11.7 Å². The van der Waals surface area contributed by atoms with Crippen LogP contribution >= 0.6 is 0 Å². The van der Waals surface area contributed by atoms with E-state index in [0.29, 0.717) is 12.1 Å². The zero-order chi connectivity index (χ0) is 12.1. The predicted molar refractivity (Wildman–Crippen MR) is 61.3 cm³/mol. The molecule has 0 aliphatic carbocycles. The lowest BCUT2D eigenvalue weighted by Gasteiger charge is -2.04. The van der Waals surface area contributed by atoms with Crippen molar-refractivity contribution in [2.75, 3.05) is 0 Å². The molecule has 1 aromatic carbocycles. The molecular weight excluding hydrogens is 218 g/mol. The first kappa shape index (κ1) is 11.1. The van der Waals surface area contributed by atoms with Crippen LogP contribution < -0.4 is 5.32 Å². The highest BCUT2D eigenvalue weighted by atomic mass is 16.3. The van der Waals surface area contributed by atoms with E-state index in [1.165, 1.54) is 18.7 Å². The molecule has 0 bridgehead atoms. The van der Waals surface area contributed by atoms with Gasteiger partial charge in [-0.2, -0.15) is 0 Å². The highest BCUT2D eigenvalue weighted by Crippen LogP contribution is 2.10. The lowest BCUT2D eigenvalue weighted by molar-refractivity contribution is 0.0950. The average Bonchev–Trinajstić information content (AvgIpc) is 2.37. The van der Waals surface area contributed by atoms with E-state index in [4.69, 9.17) is 0 Å². The Morgan fingerprint density at radius 2 is 2.06 bits per heavy atom. The molecule has 1 aromatic heterocycles. The second kappa shape index (κ2) is 5.07. The number of benzene rings is 1. The maximum absolute atomic E-state index is 11.6. The Kier molecular flexibility index (Phi) is 3.30. The number of hydrogen-bond acceptors (Lipinski definition) is 4. The zero-order valence-electron chi connectivity index (χ0n) is 9.00.